The van der Waals surface area contributed by atoms with E-state index < -0.39 is 97.5 Å². The van der Waals surface area contributed by atoms with Gasteiger partial charge in [0.15, 0.2) is 12.2 Å². The van der Waals surface area contributed by atoms with E-state index in [1.165, 1.54) is 218 Å². The molecule has 0 saturated carbocycles. The van der Waals surface area contributed by atoms with Crippen LogP contribution in [0.3, 0.4) is 0 Å². The fraction of sp³-hybridized carbons (Fsp3) is 0.951. The molecule has 0 bridgehead atoms. The van der Waals surface area contributed by atoms with Crippen molar-refractivity contribution in [3.63, 3.8) is 0 Å². The molecule has 0 heterocycles. The first-order valence-electron chi connectivity index (χ1n) is 42.2. The lowest BCUT2D eigenvalue weighted by atomic mass is 9.99. The molecule has 3 N–H and O–H groups in total. The smallest absolute Gasteiger partial charge is 0.462 e. The minimum Gasteiger partial charge on any atom is -0.462 e. The van der Waals surface area contributed by atoms with Crippen LogP contribution in [-0.2, 0) is 65.4 Å². The van der Waals surface area contributed by atoms with E-state index in [2.05, 4.69) is 55.4 Å². The van der Waals surface area contributed by atoms with Crippen molar-refractivity contribution in [2.45, 2.75) is 440 Å². The van der Waals surface area contributed by atoms with Crippen molar-refractivity contribution < 1.29 is 80.2 Å². The van der Waals surface area contributed by atoms with Gasteiger partial charge in [0, 0.05) is 25.7 Å². The van der Waals surface area contributed by atoms with Gasteiger partial charge >= 0.3 is 39.5 Å². The molecule has 0 aliphatic carbocycles. The molecule has 0 spiro atoms. The number of aliphatic hydroxyl groups excluding tert-OH is 1. The SMILES string of the molecule is CCC(C)CCCCCCCCCCCCCCCCC(=O)O[C@H](COC(=O)CCCCCCCCCCCCCCCCCCCCC(C)C)COP(=O)(O)OCC(O)COP(=O)(O)OC[C@@H](COC(=O)CCCCCCCCCC(C)C)OC(=O)CCCCCCCCCCCC(C)C. The summed E-state index contributed by atoms with van der Waals surface area (Å²) in [6.07, 6.45) is 58.4. The van der Waals surface area contributed by atoms with Crippen molar-refractivity contribution in [1.29, 1.82) is 0 Å². The summed E-state index contributed by atoms with van der Waals surface area (Å²) in [4.78, 5) is 73.0. The first-order valence-corrected chi connectivity index (χ1v) is 45.2. The molecule has 101 heavy (non-hydrogen) atoms. The van der Waals surface area contributed by atoms with Gasteiger partial charge in [0.1, 0.15) is 19.3 Å². The highest BCUT2D eigenvalue weighted by Gasteiger charge is 2.30. The number of carbonyl (C=O) groups is 4. The van der Waals surface area contributed by atoms with E-state index in [0.717, 1.165) is 114 Å². The van der Waals surface area contributed by atoms with Crippen molar-refractivity contribution in [2.75, 3.05) is 39.6 Å². The molecule has 0 aliphatic heterocycles. The van der Waals surface area contributed by atoms with Crippen LogP contribution in [0.2, 0.25) is 0 Å². The fourth-order valence-corrected chi connectivity index (χ4v) is 14.2. The zero-order chi connectivity index (χ0) is 74.6. The zero-order valence-electron chi connectivity index (χ0n) is 66.5. The van der Waals surface area contributed by atoms with Crippen molar-refractivity contribution in [2.24, 2.45) is 23.7 Å². The van der Waals surface area contributed by atoms with Gasteiger partial charge in [-0.1, -0.05) is 370 Å². The number of phosphoric acid groups is 2. The maximum Gasteiger partial charge on any atom is 0.472 e. The molecule has 0 radical (unpaired) electrons. The Morgan fingerprint density at radius 1 is 0.277 bits per heavy atom. The molecule has 19 heteroatoms. The number of ether oxygens (including phenoxy) is 4. The van der Waals surface area contributed by atoms with E-state index in [1.54, 1.807) is 0 Å². The topological polar surface area (TPSA) is 237 Å². The molecule has 0 saturated heterocycles. The van der Waals surface area contributed by atoms with E-state index >= 15 is 0 Å². The Labute approximate surface area is 619 Å². The molecule has 0 fully saturated rings. The summed E-state index contributed by atoms with van der Waals surface area (Å²) in [5, 5.41) is 10.6. The zero-order valence-corrected chi connectivity index (χ0v) is 68.3. The Morgan fingerprint density at radius 2 is 0.475 bits per heavy atom. The number of phosphoric ester groups is 2. The standard InChI is InChI=1S/C82H160O17P2/c1-9-75(8)61-53-45-37-29-23-19-16-17-21-25-31-39-48-56-64-81(86)98-77(68-92-79(84)62-54-46-38-30-24-20-15-13-11-10-12-14-18-22-27-34-42-50-58-72(2)3)70-96-100(88,89)94-66-76(83)67-95-101(90,91)97-71-78(69-93-80(85)63-55-47-41-33-36-44-52-60-74(6)7)99-82(87)65-57-49-40-32-26-28-35-43-51-59-73(4)5/h72-78,83H,9-71H2,1-8H3,(H,88,89)(H,90,91)/t75?,76?,77-,78-/m1/s1. The van der Waals surface area contributed by atoms with Crippen LogP contribution in [0.5, 0.6) is 0 Å². The second kappa shape index (κ2) is 71.0. The Balaban J connectivity index is 5.21. The average Bonchev–Trinajstić information content (AvgIpc) is 0.980. The molecule has 4 unspecified atom stereocenters. The first-order chi connectivity index (χ1) is 48.6. The second-order valence-electron chi connectivity index (χ2n) is 31.2. The van der Waals surface area contributed by atoms with Crippen molar-refractivity contribution in [3.05, 3.63) is 0 Å². The molecule has 600 valence electrons. The van der Waals surface area contributed by atoms with Crippen LogP contribution in [0.4, 0.5) is 0 Å². The molecule has 0 aromatic rings. The van der Waals surface area contributed by atoms with Gasteiger partial charge in [-0.2, -0.15) is 0 Å². The van der Waals surface area contributed by atoms with Gasteiger partial charge in [-0.05, 0) is 49.4 Å². The highest BCUT2D eigenvalue weighted by molar-refractivity contribution is 7.47. The summed E-state index contributed by atoms with van der Waals surface area (Å²) in [7, 11) is -9.92. The molecule has 0 rings (SSSR count). The Hall–Kier alpha value is -1.94. The lowest BCUT2D eigenvalue weighted by Crippen LogP contribution is -2.30. The monoisotopic (exact) mass is 1480 g/mol. The van der Waals surface area contributed by atoms with E-state index in [0.29, 0.717) is 31.6 Å². The Morgan fingerprint density at radius 3 is 0.703 bits per heavy atom. The van der Waals surface area contributed by atoms with Crippen LogP contribution in [-0.4, -0.2) is 96.7 Å². The van der Waals surface area contributed by atoms with Gasteiger partial charge in [0.05, 0.1) is 26.4 Å². The minimum atomic E-state index is -4.96. The molecular formula is C82H160O17P2. The number of hydrogen-bond donors (Lipinski definition) is 3. The second-order valence-corrected chi connectivity index (χ2v) is 34.1. The number of rotatable bonds is 79. The van der Waals surface area contributed by atoms with Gasteiger partial charge in [0.2, 0.25) is 0 Å². The lowest BCUT2D eigenvalue weighted by molar-refractivity contribution is -0.161. The van der Waals surface area contributed by atoms with Crippen LogP contribution in [0.25, 0.3) is 0 Å². The Kier molecular flexibility index (Phi) is 69.6. The summed E-state index contributed by atoms with van der Waals surface area (Å²) in [6.45, 7) is 14.3. The summed E-state index contributed by atoms with van der Waals surface area (Å²) in [5.74, 6) is 0.995. The summed E-state index contributed by atoms with van der Waals surface area (Å²) in [6, 6.07) is 0. The molecule has 0 amide bonds. The van der Waals surface area contributed by atoms with Crippen LogP contribution >= 0.6 is 15.6 Å². The van der Waals surface area contributed by atoms with E-state index in [9.17, 15) is 43.2 Å². The predicted molar refractivity (Wildman–Crippen MR) is 414 cm³/mol. The largest absolute Gasteiger partial charge is 0.472 e. The van der Waals surface area contributed by atoms with Gasteiger partial charge in [-0.15, -0.1) is 0 Å². The lowest BCUT2D eigenvalue weighted by Gasteiger charge is -2.21. The van der Waals surface area contributed by atoms with Crippen LogP contribution in [0, 0.1) is 23.7 Å². The fourth-order valence-electron chi connectivity index (χ4n) is 12.6. The molecule has 6 atom stereocenters. The Bertz CT molecular complexity index is 1970. The average molecular weight is 1480 g/mol. The maximum absolute atomic E-state index is 13.1. The molecule has 0 aromatic carbocycles. The number of carbonyl (C=O) groups excluding carboxylic acids is 4. The summed E-state index contributed by atoms with van der Waals surface area (Å²) < 4.78 is 68.7. The van der Waals surface area contributed by atoms with Crippen LogP contribution in [0.1, 0.15) is 421 Å². The molecular weight excluding hydrogens is 1320 g/mol. The number of unbranched alkanes of at least 4 members (excludes halogenated alkanes) is 44. The van der Waals surface area contributed by atoms with Crippen molar-refractivity contribution in [1.82, 2.24) is 0 Å². The molecule has 17 nitrogen and oxygen atoms in total. The molecule has 0 aromatic heterocycles. The van der Waals surface area contributed by atoms with Gasteiger partial charge in [0.25, 0.3) is 0 Å². The highest BCUT2D eigenvalue weighted by atomic mass is 31.2. The number of aliphatic hydroxyl groups is 1. The highest BCUT2D eigenvalue weighted by Crippen LogP contribution is 2.45. The third kappa shape index (κ3) is 74.7. The third-order valence-corrected chi connectivity index (χ3v) is 21.3. The minimum absolute atomic E-state index is 0.104. The quantitative estimate of drug-likeness (QED) is 0.0222. The molecule has 0 aliphatic rings. The van der Waals surface area contributed by atoms with E-state index in [-0.39, 0.29) is 25.7 Å². The third-order valence-electron chi connectivity index (χ3n) is 19.4. The van der Waals surface area contributed by atoms with Gasteiger partial charge < -0.3 is 33.8 Å². The maximum atomic E-state index is 13.1. The predicted octanol–water partition coefficient (Wildman–Crippen LogP) is 24.4. The summed E-state index contributed by atoms with van der Waals surface area (Å²) in [5.41, 5.74) is 0. The van der Waals surface area contributed by atoms with Crippen molar-refractivity contribution in [3.8, 4) is 0 Å². The van der Waals surface area contributed by atoms with E-state index in [1.807, 2.05) is 0 Å². The van der Waals surface area contributed by atoms with Gasteiger partial charge in [-0.3, -0.25) is 37.3 Å². The summed E-state index contributed by atoms with van der Waals surface area (Å²) >= 11 is 0. The van der Waals surface area contributed by atoms with E-state index in [4.69, 9.17) is 37.0 Å². The van der Waals surface area contributed by atoms with Crippen molar-refractivity contribution >= 4 is 39.5 Å². The van der Waals surface area contributed by atoms with Crippen LogP contribution in [0.15, 0.2) is 0 Å². The first kappa shape index (κ1) is 99.1. The normalized spacial score (nSPS) is 14.3. The number of esters is 4. The number of hydrogen-bond acceptors (Lipinski definition) is 15. The van der Waals surface area contributed by atoms with Gasteiger partial charge in [-0.25, -0.2) is 9.13 Å². The van der Waals surface area contributed by atoms with Crippen LogP contribution < -0.4 is 0 Å².